The molecule has 0 saturated carbocycles. The average Bonchev–Trinajstić information content (AvgIpc) is 3.36. The van der Waals surface area contributed by atoms with Crippen molar-refractivity contribution in [2.24, 2.45) is 0 Å². The summed E-state index contributed by atoms with van der Waals surface area (Å²) < 4.78 is 48.4. The van der Waals surface area contributed by atoms with Gasteiger partial charge in [0, 0.05) is 30.9 Å². The molecule has 6 rings (SSSR count). The van der Waals surface area contributed by atoms with E-state index in [-0.39, 0.29) is 16.9 Å². The minimum absolute atomic E-state index is 0.0545. The Morgan fingerprint density at radius 3 is 2.56 bits per heavy atom. The second-order valence-electron chi connectivity index (χ2n) is 9.39. The van der Waals surface area contributed by atoms with Gasteiger partial charge in [-0.2, -0.15) is 18.3 Å². The fourth-order valence-electron chi connectivity index (χ4n) is 4.88. The standard InChI is InChI=1S/C29H24F3N5O2/c30-29(31,32)26-16-25(23-10-4-7-20-6-1-2-9-22(20)23)35-27-24(17-33-37(26)27)28(38)34-21-8-3-5-19(15-21)18-36-11-13-39-14-12-36/h1-10,15-17H,11-14,18H2,(H,34,38). The third-order valence-electron chi connectivity index (χ3n) is 6.77. The average molecular weight is 532 g/mol. The Morgan fingerprint density at radius 2 is 1.74 bits per heavy atom. The first-order valence-corrected chi connectivity index (χ1v) is 12.5. The minimum Gasteiger partial charge on any atom is -0.379 e. The van der Waals surface area contributed by atoms with Gasteiger partial charge in [0.15, 0.2) is 11.3 Å². The number of fused-ring (bicyclic) bond motifs is 2. The van der Waals surface area contributed by atoms with Crippen molar-refractivity contribution in [3.8, 4) is 11.3 Å². The third-order valence-corrected chi connectivity index (χ3v) is 6.77. The number of morpholine rings is 1. The van der Waals surface area contributed by atoms with E-state index in [0.717, 1.165) is 41.7 Å². The number of anilines is 1. The van der Waals surface area contributed by atoms with E-state index < -0.39 is 17.8 Å². The molecule has 39 heavy (non-hydrogen) atoms. The van der Waals surface area contributed by atoms with Gasteiger partial charge >= 0.3 is 6.18 Å². The Balaban J connectivity index is 1.37. The molecule has 0 atom stereocenters. The summed E-state index contributed by atoms with van der Waals surface area (Å²) in [6, 6.07) is 21.1. The van der Waals surface area contributed by atoms with Crippen LogP contribution in [0.2, 0.25) is 0 Å². The first-order chi connectivity index (χ1) is 18.9. The normalized spacial score (nSPS) is 14.6. The molecular weight excluding hydrogens is 507 g/mol. The predicted octanol–water partition coefficient (Wildman–Crippen LogP) is 5.65. The SMILES string of the molecule is O=C(Nc1cccc(CN2CCOCC2)c1)c1cnn2c(C(F)(F)F)cc(-c3cccc4ccccc34)nc12. The van der Waals surface area contributed by atoms with Gasteiger partial charge in [-0.3, -0.25) is 9.69 Å². The van der Waals surface area contributed by atoms with Crippen LogP contribution in [0.25, 0.3) is 27.7 Å². The van der Waals surface area contributed by atoms with E-state index in [1.54, 1.807) is 18.2 Å². The molecule has 0 spiro atoms. The maximum absolute atomic E-state index is 14.1. The lowest BCUT2D eigenvalue weighted by Crippen LogP contribution is -2.35. The smallest absolute Gasteiger partial charge is 0.379 e. The van der Waals surface area contributed by atoms with E-state index in [1.807, 2.05) is 48.5 Å². The summed E-state index contributed by atoms with van der Waals surface area (Å²) in [4.78, 5) is 20.1. The Labute approximate surface area is 221 Å². The van der Waals surface area contributed by atoms with Crippen LogP contribution in [0.1, 0.15) is 21.6 Å². The van der Waals surface area contributed by atoms with Crippen molar-refractivity contribution in [3.05, 3.63) is 95.8 Å². The molecule has 1 N–H and O–H groups in total. The number of ether oxygens (including phenoxy) is 1. The van der Waals surface area contributed by atoms with Crippen molar-refractivity contribution in [1.29, 1.82) is 0 Å². The van der Waals surface area contributed by atoms with Gasteiger partial charge in [0.25, 0.3) is 5.91 Å². The van der Waals surface area contributed by atoms with Crippen molar-refractivity contribution >= 4 is 28.0 Å². The zero-order valence-corrected chi connectivity index (χ0v) is 20.8. The zero-order valence-electron chi connectivity index (χ0n) is 20.8. The van der Waals surface area contributed by atoms with Gasteiger partial charge in [0.05, 0.1) is 25.1 Å². The summed E-state index contributed by atoms with van der Waals surface area (Å²) in [6.45, 7) is 3.71. The topological polar surface area (TPSA) is 71.8 Å². The van der Waals surface area contributed by atoms with Crippen LogP contribution >= 0.6 is 0 Å². The van der Waals surface area contributed by atoms with E-state index in [0.29, 0.717) is 35.5 Å². The van der Waals surface area contributed by atoms with Crippen LogP contribution in [0.5, 0.6) is 0 Å². The number of carbonyl (C=O) groups is 1. The van der Waals surface area contributed by atoms with Crippen LogP contribution in [-0.2, 0) is 17.5 Å². The molecule has 1 saturated heterocycles. The molecule has 1 fully saturated rings. The molecule has 198 valence electrons. The summed E-state index contributed by atoms with van der Waals surface area (Å²) in [7, 11) is 0. The largest absolute Gasteiger partial charge is 0.433 e. The number of aromatic nitrogens is 3. The van der Waals surface area contributed by atoms with Gasteiger partial charge in [0.2, 0.25) is 0 Å². The van der Waals surface area contributed by atoms with Crippen molar-refractivity contribution in [2.45, 2.75) is 12.7 Å². The monoisotopic (exact) mass is 531 g/mol. The van der Waals surface area contributed by atoms with E-state index in [2.05, 4.69) is 20.3 Å². The zero-order chi connectivity index (χ0) is 27.0. The highest BCUT2D eigenvalue weighted by molar-refractivity contribution is 6.08. The van der Waals surface area contributed by atoms with Crippen LogP contribution in [0.4, 0.5) is 18.9 Å². The Bertz CT molecular complexity index is 1670. The molecule has 3 aromatic carbocycles. The van der Waals surface area contributed by atoms with Gasteiger partial charge in [0.1, 0.15) is 5.56 Å². The fraction of sp³-hybridized carbons (Fsp3) is 0.207. The molecule has 7 nitrogen and oxygen atoms in total. The molecular formula is C29H24F3N5O2. The predicted molar refractivity (Wildman–Crippen MR) is 141 cm³/mol. The number of hydrogen-bond donors (Lipinski definition) is 1. The van der Waals surface area contributed by atoms with Crippen molar-refractivity contribution in [1.82, 2.24) is 19.5 Å². The molecule has 5 aromatic rings. The van der Waals surface area contributed by atoms with Crippen LogP contribution in [-0.4, -0.2) is 51.7 Å². The Hall–Kier alpha value is -4.28. The second kappa shape index (κ2) is 10.1. The summed E-state index contributed by atoms with van der Waals surface area (Å²) in [6.07, 6.45) is -3.59. The molecule has 1 aliphatic rings. The quantitative estimate of drug-likeness (QED) is 0.317. The van der Waals surface area contributed by atoms with Crippen molar-refractivity contribution in [3.63, 3.8) is 0 Å². The molecule has 2 aromatic heterocycles. The molecule has 0 aliphatic carbocycles. The van der Waals surface area contributed by atoms with E-state index in [4.69, 9.17) is 4.74 Å². The van der Waals surface area contributed by atoms with Crippen molar-refractivity contribution in [2.75, 3.05) is 31.6 Å². The van der Waals surface area contributed by atoms with Crippen LogP contribution < -0.4 is 5.32 Å². The summed E-state index contributed by atoms with van der Waals surface area (Å²) >= 11 is 0. The number of carbonyl (C=O) groups excluding carboxylic acids is 1. The van der Waals surface area contributed by atoms with Gasteiger partial charge in [-0.15, -0.1) is 0 Å². The van der Waals surface area contributed by atoms with Gasteiger partial charge in [-0.1, -0.05) is 54.6 Å². The van der Waals surface area contributed by atoms with Crippen LogP contribution in [0.15, 0.2) is 79.0 Å². The fourth-order valence-corrected chi connectivity index (χ4v) is 4.88. The molecule has 0 bridgehead atoms. The number of benzene rings is 3. The molecule has 10 heteroatoms. The summed E-state index contributed by atoms with van der Waals surface area (Å²) in [5, 5.41) is 8.33. The maximum Gasteiger partial charge on any atom is 0.433 e. The molecule has 1 aliphatic heterocycles. The molecule has 3 heterocycles. The third kappa shape index (κ3) is 5.08. The Morgan fingerprint density at radius 1 is 0.974 bits per heavy atom. The number of hydrogen-bond acceptors (Lipinski definition) is 5. The van der Waals surface area contributed by atoms with Gasteiger partial charge in [-0.05, 0) is 34.5 Å². The highest BCUT2D eigenvalue weighted by Crippen LogP contribution is 2.35. The minimum atomic E-state index is -4.71. The lowest BCUT2D eigenvalue weighted by atomic mass is 10.0. The van der Waals surface area contributed by atoms with Gasteiger partial charge in [-0.25, -0.2) is 9.50 Å². The van der Waals surface area contributed by atoms with Crippen LogP contribution in [0.3, 0.4) is 0 Å². The highest BCUT2D eigenvalue weighted by Gasteiger charge is 2.36. The lowest BCUT2D eigenvalue weighted by molar-refractivity contribution is -0.142. The van der Waals surface area contributed by atoms with Gasteiger partial charge < -0.3 is 10.1 Å². The number of amides is 1. The van der Waals surface area contributed by atoms with E-state index in [1.165, 1.54) is 0 Å². The first kappa shape index (κ1) is 25.0. The lowest BCUT2D eigenvalue weighted by Gasteiger charge is -2.26. The van der Waals surface area contributed by atoms with E-state index >= 15 is 0 Å². The number of alkyl halides is 3. The number of rotatable bonds is 5. The van der Waals surface area contributed by atoms with Crippen LogP contribution in [0, 0.1) is 0 Å². The first-order valence-electron chi connectivity index (χ1n) is 12.5. The van der Waals surface area contributed by atoms with Crippen molar-refractivity contribution < 1.29 is 22.7 Å². The highest BCUT2D eigenvalue weighted by atomic mass is 19.4. The molecule has 1 amide bonds. The Kier molecular flexibility index (Phi) is 6.49. The summed E-state index contributed by atoms with van der Waals surface area (Å²) in [5.41, 5.74) is 0.938. The number of nitrogens with one attached hydrogen (secondary N) is 1. The number of halogens is 3. The molecule has 0 unspecified atom stereocenters. The van der Waals surface area contributed by atoms with E-state index in [9.17, 15) is 18.0 Å². The number of nitrogens with zero attached hydrogens (tertiary/aromatic N) is 4. The molecule has 0 radical (unpaired) electrons. The summed E-state index contributed by atoms with van der Waals surface area (Å²) in [5.74, 6) is -0.593. The maximum atomic E-state index is 14.1. The second-order valence-corrected chi connectivity index (χ2v) is 9.39.